The van der Waals surface area contributed by atoms with Crippen LogP contribution in [-0.2, 0) is 6.42 Å². The highest BCUT2D eigenvalue weighted by atomic mass is 19.2. The molecule has 2 aromatic rings. The number of rotatable bonds is 8. The predicted molar refractivity (Wildman–Crippen MR) is 100 cm³/mol. The maximum absolute atomic E-state index is 14.3. The first-order valence-corrected chi connectivity index (χ1v) is 8.55. The van der Waals surface area contributed by atoms with Crippen LogP contribution >= 0.6 is 0 Å². The number of aliphatic hydroxyl groups is 1. The molecule has 0 aliphatic carbocycles. The van der Waals surface area contributed by atoms with Crippen molar-refractivity contribution >= 4 is 6.08 Å². The van der Waals surface area contributed by atoms with E-state index in [0.717, 1.165) is 24.8 Å². The van der Waals surface area contributed by atoms with Crippen LogP contribution < -0.4 is 0 Å². The lowest BCUT2D eigenvalue weighted by atomic mass is 10.00. The summed E-state index contributed by atoms with van der Waals surface area (Å²) in [6.45, 7) is 5.34. The number of hydrogen-bond donors (Lipinski definition) is 1. The Morgan fingerprint density at radius 3 is 2.44 bits per heavy atom. The Morgan fingerprint density at radius 2 is 1.80 bits per heavy atom. The largest absolute Gasteiger partial charge is 0.393 e. The Hall–Kier alpha value is -2.26. The summed E-state index contributed by atoms with van der Waals surface area (Å²) >= 11 is 0. The Balaban J connectivity index is 2.08. The molecule has 1 atom stereocenters. The maximum atomic E-state index is 14.3. The van der Waals surface area contributed by atoms with Crippen LogP contribution in [0, 0.1) is 11.6 Å². The van der Waals surface area contributed by atoms with E-state index in [1.165, 1.54) is 0 Å². The summed E-state index contributed by atoms with van der Waals surface area (Å²) in [4.78, 5) is 0. The van der Waals surface area contributed by atoms with Gasteiger partial charge in [0.2, 0.25) is 0 Å². The van der Waals surface area contributed by atoms with Gasteiger partial charge in [0.25, 0.3) is 0 Å². The van der Waals surface area contributed by atoms with Crippen LogP contribution in [0.3, 0.4) is 0 Å². The zero-order valence-electron chi connectivity index (χ0n) is 14.5. The van der Waals surface area contributed by atoms with Crippen LogP contribution in [-0.4, -0.2) is 11.2 Å². The molecule has 3 heteroatoms. The molecule has 0 aliphatic heterocycles. The van der Waals surface area contributed by atoms with Gasteiger partial charge in [-0.05, 0) is 49.3 Å². The lowest BCUT2D eigenvalue weighted by molar-refractivity contribution is 0.182. The van der Waals surface area contributed by atoms with E-state index in [4.69, 9.17) is 0 Å². The van der Waals surface area contributed by atoms with Gasteiger partial charge in [-0.1, -0.05) is 54.6 Å². The van der Waals surface area contributed by atoms with Gasteiger partial charge in [0, 0.05) is 5.56 Å². The molecule has 0 heterocycles. The minimum Gasteiger partial charge on any atom is -0.393 e. The first-order chi connectivity index (χ1) is 12.0. The van der Waals surface area contributed by atoms with E-state index in [1.54, 1.807) is 37.3 Å². The fourth-order valence-corrected chi connectivity index (χ4v) is 2.65. The molecule has 0 radical (unpaired) electrons. The third-order valence-corrected chi connectivity index (χ3v) is 4.05. The quantitative estimate of drug-likeness (QED) is 0.466. The Labute approximate surface area is 148 Å². The number of allylic oxidation sites excluding steroid dienone is 2. The van der Waals surface area contributed by atoms with Gasteiger partial charge in [-0.25, -0.2) is 8.78 Å². The summed E-state index contributed by atoms with van der Waals surface area (Å²) in [5, 5.41) is 9.21. The number of hydrogen-bond acceptors (Lipinski definition) is 1. The van der Waals surface area contributed by atoms with Crippen LogP contribution in [0.2, 0.25) is 0 Å². The predicted octanol–water partition coefficient (Wildman–Crippen LogP) is 5.92. The first kappa shape index (κ1) is 19.1. The molecule has 1 unspecified atom stereocenters. The minimum atomic E-state index is -0.819. The highest BCUT2D eigenvalue weighted by Gasteiger charge is 2.13. The first-order valence-electron chi connectivity index (χ1n) is 8.55. The summed E-state index contributed by atoms with van der Waals surface area (Å²) < 4.78 is 28.3. The van der Waals surface area contributed by atoms with E-state index in [2.05, 4.69) is 12.7 Å². The molecule has 0 fully saturated rings. The fraction of sp³-hybridized carbons (Fsp3) is 0.273. The number of halogens is 2. The van der Waals surface area contributed by atoms with Crippen molar-refractivity contribution < 1.29 is 13.9 Å². The number of unbranched alkanes of at least 4 members (excludes halogenated alkanes) is 1. The van der Waals surface area contributed by atoms with Crippen LogP contribution in [0.4, 0.5) is 8.78 Å². The second-order valence-electron chi connectivity index (χ2n) is 6.20. The number of aliphatic hydroxyl groups excluding tert-OH is 1. The lowest BCUT2D eigenvalue weighted by Gasteiger charge is -2.08. The highest BCUT2D eigenvalue weighted by Crippen LogP contribution is 2.27. The van der Waals surface area contributed by atoms with Gasteiger partial charge >= 0.3 is 0 Å². The second-order valence-corrected chi connectivity index (χ2v) is 6.20. The molecule has 0 saturated heterocycles. The normalized spacial score (nSPS) is 12.5. The molecule has 0 amide bonds. The monoisotopic (exact) mass is 342 g/mol. The van der Waals surface area contributed by atoms with Gasteiger partial charge in [0.1, 0.15) is 0 Å². The van der Waals surface area contributed by atoms with Crippen LogP contribution in [0.25, 0.3) is 17.2 Å². The van der Waals surface area contributed by atoms with Crippen molar-refractivity contribution in [1.82, 2.24) is 0 Å². The average molecular weight is 342 g/mol. The molecular weight excluding hydrogens is 318 g/mol. The topological polar surface area (TPSA) is 20.2 Å². The molecule has 1 nitrogen and oxygen atoms in total. The Bertz CT molecular complexity index is 730. The standard InChI is InChI=1S/C22H24F2O/c1-3-7-19-14-15-20(22(24)21(19)23)18-12-10-17(11-13-18)9-6-4-5-8-16(2)25/h3,6,9-16,25H,1,4-5,7-8H2,2H3/b9-6+. The number of benzene rings is 2. The molecular formula is C22H24F2O. The van der Waals surface area contributed by atoms with Crippen molar-refractivity contribution in [2.24, 2.45) is 0 Å². The summed E-state index contributed by atoms with van der Waals surface area (Å²) in [6, 6.07) is 10.6. The molecule has 2 rings (SSSR count). The van der Waals surface area contributed by atoms with Crippen molar-refractivity contribution in [1.29, 1.82) is 0 Å². The van der Waals surface area contributed by atoms with E-state index in [-0.39, 0.29) is 11.7 Å². The summed E-state index contributed by atoms with van der Waals surface area (Å²) in [5.41, 5.74) is 2.23. The third kappa shape index (κ3) is 5.36. The highest BCUT2D eigenvalue weighted by molar-refractivity contribution is 5.67. The van der Waals surface area contributed by atoms with Crippen LogP contribution in [0.15, 0.2) is 55.1 Å². The van der Waals surface area contributed by atoms with Gasteiger partial charge in [0.15, 0.2) is 11.6 Å². The summed E-state index contributed by atoms with van der Waals surface area (Å²) in [5.74, 6) is -1.62. The van der Waals surface area contributed by atoms with Crippen LogP contribution in [0.1, 0.15) is 37.3 Å². The minimum absolute atomic E-state index is 0.262. The molecule has 0 bridgehead atoms. The van der Waals surface area contributed by atoms with Gasteiger partial charge in [0.05, 0.1) is 6.10 Å². The van der Waals surface area contributed by atoms with Crippen molar-refractivity contribution in [2.45, 2.75) is 38.7 Å². The fourth-order valence-electron chi connectivity index (χ4n) is 2.65. The SMILES string of the molecule is C=CCc1ccc(-c2ccc(/C=C/CCCC(C)O)cc2)c(F)c1F. The average Bonchev–Trinajstić information content (AvgIpc) is 2.59. The molecule has 25 heavy (non-hydrogen) atoms. The van der Waals surface area contributed by atoms with Gasteiger partial charge in [-0.2, -0.15) is 0 Å². The Morgan fingerprint density at radius 1 is 1.08 bits per heavy atom. The zero-order chi connectivity index (χ0) is 18.2. The van der Waals surface area contributed by atoms with E-state index < -0.39 is 11.6 Å². The lowest BCUT2D eigenvalue weighted by Crippen LogP contribution is -1.97. The van der Waals surface area contributed by atoms with E-state index >= 15 is 0 Å². The van der Waals surface area contributed by atoms with Crippen molar-refractivity contribution in [3.05, 3.63) is 77.9 Å². The maximum Gasteiger partial charge on any atom is 0.166 e. The summed E-state index contributed by atoms with van der Waals surface area (Å²) in [7, 11) is 0. The molecule has 0 aliphatic rings. The molecule has 0 spiro atoms. The molecule has 0 saturated carbocycles. The Kier molecular flexibility index (Phi) is 7.08. The zero-order valence-corrected chi connectivity index (χ0v) is 14.5. The van der Waals surface area contributed by atoms with E-state index in [9.17, 15) is 13.9 Å². The molecule has 1 N–H and O–H groups in total. The van der Waals surface area contributed by atoms with Gasteiger partial charge in [-0.15, -0.1) is 6.58 Å². The smallest absolute Gasteiger partial charge is 0.166 e. The van der Waals surface area contributed by atoms with Gasteiger partial charge < -0.3 is 5.11 Å². The third-order valence-electron chi connectivity index (χ3n) is 4.05. The molecule has 0 aromatic heterocycles. The van der Waals surface area contributed by atoms with Gasteiger partial charge in [-0.3, -0.25) is 0 Å². The van der Waals surface area contributed by atoms with Crippen molar-refractivity contribution in [3.63, 3.8) is 0 Å². The van der Waals surface area contributed by atoms with E-state index in [0.29, 0.717) is 17.5 Å². The second kappa shape index (κ2) is 9.28. The van der Waals surface area contributed by atoms with Crippen LogP contribution in [0.5, 0.6) is 0 Å². The van der Waals surface area contributed by atoms with Crippen molar-refractivity contribution in [2.75, 3.05) is 0 Å². The van der Waals surface area contributed by atoms with E-state index in [1.807, 2.05) is 18.2 Å². The molecule has 2 aromatic carbocycles. The summed E-state index contributed by atoms with van der Waals surface area (Å²) in [6.07, 6.45) is 8.28. The van der Waals surface area contributed by atoms with Crippen molar-refractivity contribution in [3.8, 4) is 11.1 Å². The molecule has 132 valence electrons.